The Kier molecular flexibility index (Phi) is 23.4. The molecule has 1 aliphatic heterocycles. The molecule has 1 heterocycles. The molecule has 19 N–H and O–H groups in total. The van der Waals surface area contributed by atoms with E-state index in [-0.39, 0.29) is 30.1 Å². The summed E-state index contributed by atoms with van der Waals surface area (Å²) in [6.07, 6.45) is -1.70. The first-order chi connectivity index (χ1) is 30.2. The smallest absolute Gasteiger partial charge is 0.303 e. The highest BCUT2D eigenvalue weighted by Gasteiger charge is 2.34. The van der Waals surface area contributed by atoms with Gasteiger partial charge in [0.25, 0.3) is 0 Å². The second kappa shape index (κ2) is 27.8. The van der Waals surface area contributed by atoms with Crippen LogP contribution in [0, 0.1) is 0 Å². The third-order valence-corrected chi connectivity index (χ3v) is 11.6. The van der Waals surface area contributed by atoms with E-state index in [2.05, 4.69) is 37.2 Å². The lowest BCUT2D eigenvalue weighted by molar-refractivity contribution is -0.138. The molecule has 1 aliphatic rings. The summed E-state index contributed by atoms with van der Waals surface area (Å²) >= 11 is 0. The Morgan fingerprint density at radius 1 is 0.766 bits per heavy atom. The number of aliphatic carboxylic acids is 1. The maximum Gasteiger partial charge on any atom is 0.303 e. The van der Waals surface area contributed by atoms with Gasteiger partial charge in [0.2, 0.25) is 59.1 Å². The first-order valence-corrected chi connectivity index (χ1v) is 22.3. The van der Waals surface area contributed by atoms with E-state index in [1.807, 2.05) is 0 Å². The monoisotopic (exact) mass is 940 g/mol. The van der Waals surface area contributed by atoms with Gasteiger partial charge in [-0.3, -0.25) is 52.7 Å². The maximum atomic E-state index is 13.9. The van der Waals surface area contributed by atoms with E-state index in [0.29, 0.717) is 24.9 Å². The zero-order valence-electron chi connectivity index (χ0n) is 34.6. The van der Waals surface area contributed by atoms with Gasteiger partial charge in [-0.25, -0.2) is 0 Å². The number of amides is 10. The molecule has 1 aromatic rings. The summed E-state index contributed by atoms with van der Waals surface area (Å²) in [5.41, 5.74) is 28.3. The molecule has 7 atom stereocenters. The number of phenols is 1. The molecule has 10 amide bonds. The highest BCUT2D eigenvalue weighted by atomic mass is 33.1. The molecule has 0 saturated carbocycles. The van der Waals surface area contributed by atoms with Crippen molar-refractivity contribution in [2.45, 2.75) is 100 Å². The predicted molar refractivity (Wildman–Crippen MR) is 231 cm³/mol. The predicted octanol–water partition coefficient (Wildman–Crippen LogP) is -5.70. The van der Waals surface area contributed by atoms with E-state index in [1.165, 1.54) is 24.3 Å². The molecule has 0 unspecified atom stereocenters. The van der Waals surface area contributed by atoms with Crippen LogP contribution in [0.4, 0.5) is 0 Å². The van der Waals surface area contributed by atoms with Gasteiger partial charge in [-0.1, -0.05) is 33.7 Å². The molecule has 0 bridgehead atoms. The number of unbranched alkanes of at least 4 members (excludes halogenated alkanes) is 1. The number of phenolic OH excluding ortho intramolecular Hbond substituents is 1. The van der Waals surface area contributed by atoms with Gasteiger partial charge in [0, 0.05) is 24.3 Å². The van der Waals surface area contributed by atoms with Crippen LogP contribution in [-0.2, 0) is 59.2 Å². The quantitative estimate of drug-likeness (QED) is 0.0403. The standard InChI is InChI=1S/C37H56N12O13S2/c38-12-2-1-3-21(31(42)56)45-36(61)25-16-63-64-17-26(49-35(60)24(14-28(41)52)47-32(57)20(39)13-18-4-6-19(50)7-5-18)37(62)46-22(8-10-27(40)51)33(58)43-15-29(53)44-23(34(59)48-25)9-11-30(54)55/h4-7,20-26,50H,1-3,8-17,38-39H2,(H2,40,51)(H2,41,52)(H2,42,56)(H,43,58)(H,44,53)(H,45,61)(H,46,62)(H,47,57)(H,48,59)(H,49,60)(H,54,55)/t20-,21-,22-,23-,24-,25-,26-/m0/s1. The number of primary amides is 3. The van der Waals surface area contributed by atoms with Gasteiger partial charge in [-0.2, -0.15) is 0 Å². The molecular formula is C37H56N12O13S2. The van der Waals surface area contributed by atoms with Crippen LogP contribution in [0.2, 0.25) is 0 Å². The van der Waals surface area contributed by atoms with Crippen molar-refractivity contribution in [2.24, 2.45) is 28.7 Å². The highest BCUT2D eigenvalue weighted by molar-refractivity contribution is 8.76. The Hall–Kier alpha value is -6.19. The summed E-state index contributed by atoms with van der Waals surface area (Å²) < 4.78 is 0. The van der Waals surface area contributed by atoms with Crippen molar-refractivity contribution in [1.82, 2.24) is 37.2 Å². The first-order valence-electron chi connectivity index (χ1n) is 19.8. The van der Waals surface area contributed by atoms with Gasteiger partial charge in [0.15, 0.2) is 0 Å². The Bertz CT molecular complexity index is 1860. The van der Waals surface area contributed by atoms with Gasteiger partial charge in [-0.05, 0) is 62.8 Å². The molecule has 1 aromatic carbocycles. The van der Waals surface area contributed by atoms with E-state index in [4.69, 9.17) is 28.7 Å². The molecule has 27 heteroatoms. The Labute approximate surface area is 374 Å². The molecule has 64 heavy (non-hydrogen) atoms. The number of carbonyl (C=O) groups excluding carboxylic acids is 10. The number of carbonyl (C=O) groups is 11. The maximum absolute atomic E-state index is 13.9. The first kappa shape index (κ1) is 53.9. The minimum atomic E-state index is -1.68. The number of nitrogens with one attached hydrogen (secondary N) is 7. The summed E-state index contributed by atoms with van der Waals surface area (Å²) in [4.78, 5) is 142. The summed E-state index contributed by atoms with van der Waals surface area (Å²) in [5, 5.41) is 35.5. The van der Waals surface area contributed by atoms with Gasteiger partial charge in [0.05, 0.1) is 19.0 Å². The molecular weight excluding hydrogens is 885 g/mol. The van der Waals surface area contributed by atoms with Crippen molar-refractivity contribution in [3.63, 3.8) is 0 Å². The van der Waals surface area contributed by atoms with Crippen molar-refractivity contribution in [1.29, 1.82) is 0 Å². The Morgan fingerprint density at radius 2 is 1.41 bits per heavy atom. The van der Waals surface area contributed by atoms with Crippen LogP contribution in [0.25, 0.3) is 0 Å². The van der Waals surface area contributed by atoms with Crippen LogP contribution < -0.4 is 65.9 Å². The molecule has 0 spiro atoms. The molecule has 0 radical (unpaired) electrons. The number of hydrogen-bond acceptors (Lipinski definition) is 16. The van der Waals surface area contributed by atoms with Crippen molar-refractivity contribution < 1.29 is 63.0 Å². The average Bonchev–Trinajstić information content (AvgIpc) is 3.22. The van der Waals surface area contributed by atoms with Crippen LogP contribution in [0.1, 0.15) is 56.9 Å². The Balaban J connectivity index is 2.50. The van der Waals surface area contributed by atoms with Crippen molar-refractivity contribution in [3.8, 4) is 5.75 Å². The van der Waals surface area contributed by atoms with Gasteiger partial charge in [0.1, 0.15) is 42.0 Å². The molecule has 25 nitrogen and oxygen atoms in total. The van der Waals surface area contributed by atoms with E-state index < -0.39 is 146 Å². The van der Waals surface area contributed by atoms with E-state index in [1.54, 1.807) is 0 Å². The third kappa shape index (κ3) is 20.3. The SMILES string of the molecule is NCCCC[C@H](NC(=O)[C@@H]1CSSC[C@H](NC(=O)[C@H](CC(N)=O)NC(=O)[C@@H](N)Cc2ccc(O)cc2)C(=O)N[C@@H](CCC(N)=O)C(=O)NCC(=O)N[C@@H](CCC(=O)O)C(=O)N1)C(N)=O. The summed E-state index contributed by atoms with van der Waals surface area (Å²) in [6.45, 7) is -0.538. The van der Waals surface area contributed by atoms with Gasteiger partial charge in [-0.15, -0.1) is 0 Å². The fourth-order valence-electron chi connectivity index (χ4n) is 5.76. The van der Waals surface area contributed by atoms with Crippen molar-refractivity contribution >= 4 is 86.6 Å². The second-order valence-corrected chi connectivity index (χ2v) is 17.0. The lowest BCUT2D eigenvalue weighted by atomic mass is 10.0. The highest BCUT2D eigenvalue weighted by Crippen LogP contribution is 2.24. The van der Waals surface area contributed by atoms with E-state index in [9.17, 15) is 63.0 Å². The number of hydrogen-bond donors (Lipinski definition) is 14. The number of rotatable bonds is 21. The van der Waals surface area contributed by atoms with Crippen LogP contribution in [0.3, 0.4) is 0 Å². The minimum Gasteiger partial charge on any atom is -0.508 e. The second-order valence-electron chi connectivity index (χ2n) is 14.5. The lowest BCUT2D eigenvalue weighted by Crippen LogP contribution is -2.59. The third-order valence-electron chi connectivity index (χ3n) is 9.23. The van der Waals surface area contributed by atoms with E-state index in [0.717, 1.165) is 21.6 Å². The number of nitrogens with two attached hydrogens (primary N) is 5. The van der Waals surface area contributed by atoms with E-state index >= 15 is 0 Å². The van der Waals surface area contributed by atoms with Gasteiger partial charge >= 0.3 is 5.97 Å². The van der Waals surface area contributed by atoms with Gasteiger partial charge < -0.3 is 76.1 Å². The zero-order valence-corrected chi connectivity index (χ0v) is 36.3. The summed E-state index contributed by atoms with van der Waals surface area (Å²) in [6, 6.07) is -4.56. The summed E-state index contributed by atoms with van der Waals surface area (Å²) in [7, 11) is 1.73. The fraction of sp³-hybridized carbons (Fsp3) is 0.541. The molecule has 1 fully saturated rings. The molecule has 2 rings (SSSR count). The Morgan fingerprint density at radius 3 is 2.02 bits per heavy atom. The normalized spacial score (nSPS) is 20.3. The van der Waals surface area contributed by atoms with Crippen LogP contribution in [-0.4, -0.2) is 142 Å². The molecule has 354 valence electrons. The largest absolute Gasteiger partial charge is 0.508 e. The molecule has 0 aliphatic carbocycles. The number of carboxylic acids is 1. The minimum absolute atomic E-state index is 0.0322. The van der Waals surface area contributed by atoms with Crippen LogP contribution in [0.15, 0.2) is 24.3 Å². The number of aromatic hydroxyl groups is 1. The molecule has 0 aromatic heterocycles. The van der Waals surface area contributed by atoms with Crippen molar-refractivity contribution in [2.75, 3.05) is 24.6 Å². The fourth-order valence-corrected chi connectivity index (χ4v) is 8.09. The average molecular weight is 941 g/mol. The number of benzene rings is 1. The topological polar surface area (TPSA) is 443 Å². The number of carboxylic acid groups (broad SMARTS) is 1. The van der Waals surface area contributed by atoms with Crippen molar-refractivity contribution in [3.05, 3.63) is 29.8 Å². The lowest BCUT2D eigenvalue weighted by Gasteiger charge is -2.25. The zero-order chi connectivity index (χ0) is 47.9. The van der Waals surface area contributed by atoms with Crippen LogP contribution >= 0.6 is 21.6 Å². The summed E-state index contributed by atoms with van der Waals surface area (Å²) in [5.74, 6) is -11.8. The molecule has 1 saturated heterocycles. The van der Waals surface area contributed by atoms with Crippen LogP contribution in [0.5, 0.6) is 5.75 Å².